The normalized spacial score (nSPS) is 10.3. The van der Waals surface area contributed by atoms with Crippen molar-refractivity contribution in [3.8, 4) is 22.8 Å². The number of allylic oxidation sites excluding steroid dienone is 1. The molecule has 7 heteroatoms. The van der Waals surface area contributed by atoms with Gasteiger partial charge in [-0.25, -0.2) is 4.79 Å². The number of methoxy groups -OCH3 is 2. The Hall–Kier alpha value is -4.00. The van der Waals surface area contributed by atoms with E-state index in [1.54, 1.807) is 30.7 Å². The number of nitrogens with zero attached hydrogens (tertiary/aromatic N) is 2. The molecule has 0 saturated heterocycles. The van der Waals surface area contributed by atoms with Gasteiger partial charge in [-0.3, -0.25) is 14.8 Å². The first kappa shape index (κ1) is 19.8. The molecule has 0 spiro atoms. The lowest BCUT2D eigenvalue weighted by Crippen LogP contribution is -2.05. The number of carbonyl (C=O) groups is 2. The number of carboxylic acids is 1. The van der Waals surface area contributed by atoms with Crippen LogP contribution in [0.2, 0.25) is 0 Å². The smallest absolute Gasteiger partial charge is 0.335 e. The van der Waals surface area contributed by atoms with Crippen LogP contribution in [0.25, 0.3) is 16.8 Å². The fraction of sp³-hybridized carbons (Fsp3) is 0.0909. The summed E-state index contributed by atoms with van der Waals surface area (Å²) in [6, 6.07) is 9.03. The predicted octanol–water partition coefficient (Wildman–Crippen LogP) is 3.76. The van der Waals surface area contributed by atoms with Gasteiger partial charge in [-0.2, -0.15) is 0 Å². The molecule has 0 aliphatic rings. The third-order valence-electron chi connectivity index (χ3n) is 4.35. The van der Waals surface area contributed by atoms with Crippen molar-refractivity contribution in [2.75, 3.05) is 14.2 Å². The molecular weight excluding hydrogens is 372 g/mol. The van der Waals surface area contributed by atoms with Crippen LogP contribution in [0.1, 0.15) is 26.3 Å². The van der Waals surface area contributed by atoms with Crippen molar-refractivity contribution >= 4 is 17.3 Å². The minimum absolute atomic E-state index is 0.0964. The molecule has 0 bridgehead atoms. The summed E-state index contributed by atoms with van der Waals surface area (Å²) in [4.78, 5) is 32.3. The molecule has 0 fully saturated rings. The first-order valence-corrected chi connectivity index (χ1v) is 8.56. The number of ether oxygens (including phenoxy) is 2. The lowest BCUT2D eigenvalue weighted by Gasteiger charge is -2.16. The van der Waals surface area contributed by atoms with Gasteiger partial charge < -0.3 is 14.6 Å². The Morgan fingerprint density at radius 1 is 0.966 bits per heavy atom. The molecule has 1 heterocycles. The lowest BCUT2D eigenvalue weighted by molar-refractivity contribution is 0.0696. The summed E-state index contributed by atoms with van der Waals surface area (Å²) < 4.78 is 10.9. The summed E-state index contributed by atoms with van der Waals surface area (Å²) in [5.74, 6) is -0.490. The van der Waals surface area contributed by atoms with Crippen LogP contribution >= 0.6 is 0 Å². The molecule has 3 aromatic rings. The zero-order valence-corrected chi connectivity index (χ0v) is 15.9. The fourth-order valence-corrected chi connectivity index (χ4v) is 2.83. The SMILES string of the molecule is C=C(C(=O)c1ccc(C(=O)O)cc1)c1cc(-c2cnccn2)c(OC)cc1OC. The molecule has 0 unspecified atom stereocenters. The molecule has 1 aromatic heterocycles. The van der Waals surface area contributed by atoms with E-state index in [-0.39, 0.29) is 16.9 Å². The maximum atomic E-state index is 12.9. The molecule has 0 amide bonds. The van der Waals surface area contributed by atoms with Gasteiger partial charge in [-0.1, -0.05) is 18.7 Å². The summed E-state index contributed by atoms with van der Waals surface area (Å²) in [6.45, 7) is 3.93. The molecule has 0 atom stereocenters. The molecular formula is C22H18N2O5. The van der Waals surface area contributed by atoms with Gasteiger partial charge in [-0.15, -0.1) is 0 Å². The molecule has 2 aromatic carbocycles. The van der Waals surface area contributed by atoms with Crippen molar-refractivity contribution in [1.29, 1.82) is 0 Å². The molecule has 0 aliphatic carbocycles. The van der Waals surface area contributed by atoms with Gasteiger partial charge in [-0.05, 0) is 18.2 Å². The Bertz CT molecular complexity index is 1080. The quantitative estimate of drug-likeness (QED) is 0.484. The van der Waals surface area contributed by atoms with Crippen molar-refractivity contribution in [2.45, 2.75) is 0 Å². The van der Waals surface area contributed by atoms with Crippen LogP contribution in [-0.2, 0) is 0 Å². The van der Waals surface area contributed by atoms with Crippen molar-refractivity contribution in [3.63, 3.8) is 0 Å². The molecule has 1 N–H and O–H groups in total. The highest BCUT2D eigenvalue weighted by Gasteiger charge is 2.20. The van der Waals surface area contributed by atoms with Crippen LogP contribution in [0.15, 0.2) is 61.6 Å². The topological polar surface area (TPSA) is 98.6 Å². The molecule has 0 saturated carbocycles. The minimum Gasteiger partial charge on any atom is -0.496 e. The maximum Gasteiger partial charge on any atom is 0.335 e. The van der Waals surface area contributed by atoms with E-state index in [9.17, 15) is 9.59 Å². The van der Waals surface area contributed by atoms with Crippen LogP contribution in [-0.4, -0.2) is 41.0 Å². The third kappa shape index (κ3) is 3.98. The van der Waals surface area contributed by atoms with Gasteiger partial charge in [0.1, 0.15) is 11.5 Å². The highest BCUT2D eigenvalue weighted by molar-refractivity contribution is 6.29. The van der Waals surface area contributed by atoms with Gasteiger partial charge in [0, 0.05) is 40.7 Å². The average Bonchev–Trinajstić information content (AvgIpc) is 2.77. The number of carbonyl (C=O) groups excluding carboxylic acids is 1. The Morgan fingerprint density at radius 3 is 2.17 bits per heavy atom. The second kappa shape index (κ2) is 8.35. The number of hydrogen-bond acceptors (Lipinski definition) is 6. The number of hydrogen-bond donors (Lipinski definition) is 1. The number of aromatic carboxylic acids is 1. The second-order valence-corrected chi connectivity index (χ2v) is 6.03. The van der Waals surface area contributed by atoms with Crippen LogP contribution in [0.4, 0.5) is 0 Å². The van der Waals surface area contributed by atoms with E-state index in [0.717, 1.165) is 0 Å². The maximum absolute atomic E-state index is 12.9. The van der Waals surface area contributed by atoms with E-state index in [0.29, 0.717) is 33.9 Å². The van der Waals surface area contributed by atoms with Gasteiger partial charge in [0.25, 0.3) is 0 Å². The standard InChI is InChI=1S/C22H18N2O5/c1-13(21(25)14-4-6-15(7-5-14)22(26)27)16-10-17(18-12-23-8-9-24-18)20(29-3)11-19(16)28-2/h4-12H,1H2,2-3H3,(H,26,27). The highest BCUT2D eigenvalue weighted by Crippen LogP contribution is 2.38. The van der Waals surface area contributed by atoms with Crippen LogP contribution in [0.3, 0.4) is 0 Å². The number of aromatic nitrogens is 2. The first-order valence-electron chi connectivity index (χ1n) is 8.56. The first-order chi connectivity index (χ1) is 14.0. The summed E-state index contributed by atoms with van der Waals surface area (Å²) >= 11 is 0. The van der Waals surface area contributed by atoms with E-state index in [2.05, 4.69) is 16.5 Å². The molecule has 0 aliphatic heterocycles. The Kier molecular flexibility index (Phi) is 5.69. The lowest BCUT2D eigenvalue weighted by atomic mass is 9.94. The molecule has 146 valence electrons. The van der Waals surface area contributed by atoms with E-state index < -0.39 is 5.97 Å². The van der Waals surface area contributed by atoms with Crippen molar-refractivity contribution in [3.05, 3.63) is 78.3 Å². The molecule has 0 radical (unpaired) electrons. The summed E-state index contributed by atoms with van der Waals surface area (Å²) in [6.07, 6.45) is 4.70. The number of benzene rings is 2. The average molecular weight is 390 g/mol. The Morgan fingerprint density at radius 2 is 1.62 bits per heavy atom. The van der Waals surface area contributed by atoms with Crippen LogP contribution in [0, 0.1) is 0 Å². The number of ketones is 1. The highest BCUT2D eigenvalue weighted by atomic mass is 16.5. The fourth-order valence-electron chi connectivity index (χ4n) is 2.83. The van der Waals surface area contributed by atoms with Gasteiger partial charge in [0.05, 0.1) is 31.7 Å². The molecule has 3 rings (SSSR count). The van der Waals surface area contributed by atoms with Crippen molar-refractivity contribution < 1.29 is 24.2 Å². The Labute approximate surface area is 167 Å². The van der Waals surface area contributed by atoms with Gasteiger partial charge >= 0.3 is 5.97 Å². The van der Waals surface area contributed by atoms with E-state index in [1.807, 2.05) is 0 Å². The van der Waals surface area contributed by atoms with Crippen molar-refractivity contribution in [1.82, 2.24) is 9.97 Å². The van der Waals surface area contributed by atoms with Gasteiger partial charge in [0.2, 0.25) is 0 Å². The summed E-state index contributed by atoms with van der Waals surface area (Å²) in [5.41, 5.74) is 2.28. The van der Waals surface area contributed by atoms with Crippen LogP contribution < -0.4 is 9.47 Å². The predicted molar refractivity (Wildman–Crippen MR) is 107 cm³/mol. The van der Waals surface area contributed by atoms with E-state index >= 15 is 0 Å². The largest absolute Gasteiger partial charge is 0.496 e. The number of rotatable bonds is 7. The Balaban J connectivity index is 2.05. The van der Waals surface area contributed by atoms with Crippen molar-refractivity contribution in [2.24, 2.45) is 0 Å². The zero-order valence-electron chi connectivity index (χ0n) is 15.9. The van der Waals surface area contributed by atoms with E-state index in [1.165, 1.54) is 38.5 Å². The number of Topliss-reactive ketones (excluding diaryl/α,β-unsaturated/α-hetero) is 1. The summed E-state index contributed by atoms with van der Waals surface area (Å²) in [7, 11) is 3.01. The number of carboxylic acid groups (broad SMARTS) is 1. The van der Waals surface area contributed by atoms with Gasteiger partial charge in [0.15, 0.2) is 5.78 Å². The zero-order chi connectivity index (χ0) is 21.0. The second-order valence-electron chi connectivity index (χ2n) is 6.03. The summed E-state index contributed by atoms with van der Waals surface area (Å²) in [5, 5.41) is 9.02. The molecule has 29 heavy (non-hydrogen) atoms. The van der Waals surface area contributed by atoms with Crippen LogP contribution in [0.5, 0.6) is 11.5 Å². The monoisotopic (exact) mass is 390 g/mol. The minimum atomic E-state index is -1.06. The third-order valence-corrected chi connectivity index (χ3v) is 4.35. The molecule has 7 nitrogen and oxygen atoms in total. The van der Waals surface area contributed by atoms with E-state index in [4.69, 9.17) is 14.6 Å².